The van der Waals surface area contributed by atoms with E-state index in [1.54, 1.807) is 22.3 Å². The second-order valence-corrected chi connectivity index (χ2v) is 80.7. The number of fused-ring (bicyclic) bond motifs is 3. The van der Waals surface area contributed by atoms with Gasteiger partial charge in [0.05, 0.1) is 0 Å². The summed E-state index contributed by atoms with van der Waals surface area (Å²) in [6.45, 7) is 7.90. The minimum atomic E-state index is -4.79. The predicted octanol–water partition coefficient (Wildman–Crippen LogP) is 10.7. The molecule has 0 radical (unpaired) electrons. The van der Waals surface area contributed by atoms with Gasteiger partial charge in [0, 0.05) is 0 Å². The van der Waals surface area contributed by atoms with Crippen LogP contribution in [0, 0.1) is 0 Å². The molecule has 0 heterocycles. The summed E-state index contributed by atoms with van der Waals surface area (Å²) in [4.78, 5) is 0. The van der Waals surface area contributed by atoms with Crippen LogP contribution in [0.3, 0.4) is 0 Å². The van der Waals surface area contributed by atoms with Crippen molar-refractivity contribution in [1.29, 1.82) is 0 Å². The maximum absolute atomic E-state index is 4.79. The maximum atomic E-state index is 2.94. The van der Waals surface area contributed by atoms with E-state index in [0.29, 0.717) is 11.0 Å². The van der Waals surface area contributed by atoms with E-state index in [-0.39, 0.29) is 0 Å². The van der Waals surface area contributed by atoms with Crippen molar-refractivity contribution in [1.82, 2.24) is 0 Å². The van der Waals surface area contributed by atoms with Gasteiger partial charge in [-0.25, -0.2) is 0 Å². The summed E-state index contributed by atoms with van der Waals surface area (Å²) in [6, 6.07) is 36.8. The summed E-state index contributed by atoms with van der Waals surface area (Å²) in [5.74, 6) is -1.35. The number of benzene rings is 4. The van der Waals surface area contributed by atoms with Crippen LogP contribution in [-0.2, 0) is 16.2 Å². The van der Waals surface area contributed by atoms with Crippen molar-refractivity contribution in [2.75, 3.05) is 0 Å². The molecular weight excluding hydrogens is 663 g/mol. The molecule has 0 nitrogen and oxygen atoms in total. The standard InChI is InChI=1S/C16H13.2C9H7.C2H7Si.2CH3.Hf/c1-12-10-14-8-5-9-15(16(14)11-12)13-6-3-2-4-7-13;2*1-2-5-9-7-3-6-8(9)4-1;1-3-2;;;/h2-11H,1H3;2*1-7H;3H,1-2H3;2*1H3;. The molecule has 3 atom stereocenters. The molecule has 0 aliphatic heterocycles. The molecule has 200 valence electrons. The molecule has 4 aromatic rings. The normalized spacial score (nSPS) is 22.4. The van der Waals surface area contributed by atoms with E-state index in [9.17, 15) is 0 Å². The van der Waals surface area contributed by atoms with Crippen molar-refractivity contribution in [2.24, 2.45) is 0 Å². The second-order valence-electron chi connectivity index (χ2n) is 14.4. The average molecular weight is 703 g/mol. The molecule has 0 saturated heterocycles. The van der Waals surface area contributed by atoms with Crippen molar-refractivity contribution in [3.63, 3.8) is 0 Å². The minimum absolute atomic E-state index is 0.474. The van der Waals surface area contributed by atoms with Crippen LogP contribution in [0.15, 0.2) is 115 Å². The quantitative estimate of drug-likeness (QED) is 0.182. The molecule has 0 aromatic heterocycles. The molecule has 7 rings (SSSR count). The van der Waals surface area contributed by atoms with Crippen molar-refractivity contribution in [3.8, 4) is 11.1 Å². The van der Waals surface area contributed by atoms with E-state index in [4.69, 9.17) is 0 Å². The Balaban J connectivity index is 1.60. The van der Waals surface area contributed by atoms with Gasteiger partial charge in [0.2, 0.25) is 0 Å². The first kappa shape index (κ1) is 26.1. The summed E-state index contributed by atoms with van der Waals surface area (Å²) < 4.78 is 7.32. The van der Waals surface area contributed by atoms with Gasteiger partial charge in [-0.2, -0.15) is 0 Å². The van der Waals surface area contributed by atoms with E-state index in [1.807, 2.05) is 0 Å². The summed E-state index contributed by atoms with van der Waals surface area (Å²) in [5.41, 5.74) is 13.3. The first-order valence-electron chi connectivity index (χ1n) is 15.0. The monoisotopic (exact) mass is 704 g/mol. The Bertz CT molecular complexity index is 1700. The Morgan fingerprint density at radius 3 is 1.70 bits per heavy atom. The number of hydrogen-bond donors (Lipinski definition) is 0. The molecule has 0 saturated carbocycles. The zero-order valence-corrected chi connectivity index (χ0v) is 29.2. The molecule has 3 aliphatic carbocycles. The molecule has 0 bridgehead atoms. The SMILES string of the molecule is CC1=Cc2c(-c3ccccc3)cccc2[CH]1[Hf]([CH3])([CH3])([CH]1C=Cc2ccccc21)([CH]1C=Cc2ccccc21)[SiH](C)C. The molecule has 3 aliphatic rings. The third-order valence-corrected chi connectivity index (χ3v) is 103. The van der Waals surface area contributed by atoms with Gasteiger partial charge >= 0.3 is 240 Å². The fourth-order valence-electron chi connectivity index (χ4n) is 9.83. The summed E-state index contributed by atoms with van der Waals surface area (Å²) in [6.07, 6.45) is 12.8. The number of hydrogen-bond acceptors (Lipinski definition) is 0. The molecule has 4 aromatic carbocycles. The van der Waals surface area contributed by atoms with Gasteiger partial charge in [0.15, 0.2) is 0 Å². The van der Waals surface area contributed by atoms with Gasteiger partial charge in [-0.15, -0.1) is 0 Å². The second kappa shape index (κ2) is 8.60. The Labute approximate surface area is 238 Å². The Kier molecular flexibility index (Phi) is 5.61. The third kappa shape index (κ3) is 3.10. The van der Waals surface area contributed by atoms with Crippen LogP contribution in [0.25, 0.3) is 29.4 Å². The van der Waals surface area contributed by atoms with Crippen LogP contribution in [0.5, 0.6) is 0 Å². The predicted molar refractivity (Wildman–Crippen MR) is 175 cm³/mol. The van der Waals surface area contributed by atoms with Gasteiger partial charge < -0.3 is 0 Å². The van der Waals surface area contributed by atoms with E-state index >= 15 is 0 Å². The van der Waals surface area contributed by atoms with E-state index in [0.717, 1.165) is 0 Å². The van der Waals surface area contributed by atoms with Gasteiger partial charge in [0.1, 0.15) is 0 Å². The zero-order valence-electron chi connectivity index (χ0n) is 24.4. The zero-order chi connectivity index (χ0) is 27.8. The first-order chi connectivity index (χ1) is 19.2. The van der Waals surface area contributed by atoms with Crippen molar-refractivity contribution < 1.29 is 16.2 Å². The van der Waals surface area contributed by atoms with Gasteiger partial charge in [-0.05, 0) is 0 Å². The molecule has 40 heavy (non-hydrogen) atoms. The molecular formula is C38H40HfSi. The Hall–Kier alpha value is -2.81. The average Bonchev–Trinajstić information content (AvgIpc) is 3.69. The Morgan fingerprint density at radius 1 is 0.600 bits per heavy atom. The van der Waals surface area contributed by atoms with Crippen LogP contribution in [0.4, 0.5) is 0 Å². The molecule has 0 N–H and O–H groups in total. The van der Waals surface area contributed by atoms with Crippen LogP contribution in [0.1, 0.15) is 51.3 Å². The van der Waals surface area contributed by atoms with Crippen LogP contribution in [-0.4, -0.2) is 5.98 Å². The Morgan fingerprint density at radius 2 is 1.12 bits per heavy atom. The first-order valence-corrected chi connectivity index (χ1v) is 37.5. The van der Waals surface area contributed by atoms with Crippen LogP contribution in [0.2, 0.25) is 22.5 Å². The fourth-order valence-corrected chi connectivity index (χ4v) is 74.5. The van der Waals surface area contributed by atoms with E-state index in [2.05, 4.69) is 157 Å². The molecule has 3 unspecified atom stereocenters. The van der Waals surface area contributed by atoms with Crippen LogP contribution < -0.4 is 0 Å². The summed E-state index contributed by atoms with van der Waals surface area (Å²) in [7, 11) is 0. The van der Waals surface area contributed by atoms with Crippen molar-refractivity contribution in [2.45, 2.75) is 40.4 Å². The van der Waals surface area contributed by atoms with Crippen LogP contribution >= 0.6 is 0 Å². The summed E-state index contributed by atoms with van der Waals surface area (Å²) >= 11 is -4.79. The topological polar surface area (TPSA) is 0 Å². The molecule has 0 spiro atoms. The third-order valence-electron chi connectivity index (χ3n) is 12.5. The van der Waals surface area contributed by atoms with E-state index < -0.39 is 22.2 Å². The number of allylic oxidation sites excluding steroid dienone is 3. The van der Waals surface area contributed by atoms with Gasteiger partial charge in [0.25, 0.3) is 0 Å². The fraction of sp³-hybridized carbons (Fsp3) is 0.211. The summed E-state index contributed by atoms with van der Waals surface area (Å²) in [5, 5.41) is 0. The molecule has 0 fully saturated rings. The van der Waals surface area contributed by atoms with Gasteiger partial charge in [-0.3, -0.25) is 0 Å². The molecule has 0 amide bonds. The van der Waals surface area contributed by atoms with E-state index in [1.165, 1.54) is 27.8 Å². The van der Waals surface area contributed by atoms with Crippen molar-refractivity contribution >= 4 is 24.2 Å². The number of rotatable bonds is 5. The van der Waals surface area contributed by atoms with Gasteiger partial charge in [-0.1, -0.05) is 0 Å². The van der Waals surface area contributed by atoms with Crippen molar-refractivity contribution in [3.05, 3.63) is 148 Å². The molecule has 2 heteroatoms.